The third-order valence-electron chi connectivity index (χ3n) is 3.14. The maximum absolute atomic E-state index is 5.56. The molecular formula is C16H20O2. The van der Waals surface area contributed by atoms with Gasteiger partial charge in [0.25, 0.3) is 0 Å². The first-order valence-corrected chi connectivity index (χ1v) is 6.25. The molecule has 0 aliphatic carbocycles. The summed E-state index contributed by atoms with van der Waals surface area (Å²) in [4.78, 5) is 0. The van der Waals surface area contributed by atoms with Crippen LogP contribution < -0.4 is 4.74 Å². The van der Waals surface area contributed by atoms with Crippen molar-refractivity contribution in [2.75, 3.05) is 7.11 Å². The van der Waals surface area contributed by atoms with Crippen molar-refractivity contribution in [1.29, 1.82) is 0 Å². The van der Waals surface area contributed by atoms with E-state index in [4.69, 9.17) is 9.47 Å². The first-order valence-electron chi connectivity index (χ1n) is 6.25. The Morgan fingerprint density at radius 2 is 2.17 bits per heavy atom. The maximum Gasteiger partial charge on any atom is 0.122 e. The van der Waals surface area contributed by atoms with Gasteiger partial charge < -0.3 is 9.47 Å². The van der Waals surface area contributed by atoms with Gasteiger partial charge in [0.15, 0.2) is 0 Å². The van der Waals surface area contributed by atoms with Crippen LogP contribution in [0.2, 0.25) is 0 Å². The molecule has 0 aromatic heterocycles. The molecule has 1 aromatic rings. The van der Waals surface area contributed by atoms with Gasteiger partial charge in [-0.3, -0.25) is 0 Å². The van der Waals surface area contributed by atoms with Crippen molar-refractivity contribution in [2.24, 2.45) is 0 Å². The molecule has 96 valence electrons. The number of hydrogen-bond acceptors (Lipinski definition) is 2. The number of hydrogen-bond donors (Lipinski definition) is 0. The summed E-state index contributed by atoms with van der Waals surface area (Å²) in [6.07, 6.45) is 5.24. The average molecular weight is 244 g/mol. The molecule has 1 aliphatic rings. The van der Waals surface area contributed by atoms with Gasteiger partial charge in [0.05, 0.1) is 12.9 Å². The predicted molar refractivity (Wildman–Crippen MR) is 74.6 cm³/mol. The van der Waals surface area contributed by atoms with Crippen LogP contribution in [-0.2, 0) is 17.8 Å². The fourth-order valence-electron chi connectivity index (χ4n) is 2.14. The fourth-order valence-corrected chi connectivity index (χ4v) is 2.14. The first kappa shape index (κ1) is 12.7. The molecule has 0 fully saturated rings. The lowest BCUT2D eigenvalue weighted by molar-refractivity contribution is 0.199. The number of benzene rings is 1. The normalized spacial score (nSPS) is 13.2. The van der Waals surface area contributed by atoms with Gasteiger partial charge in [0, 0.05) is 5.56 Å². The van der Waals surface area contributed by atoms with E-state index in [9.17, 15) is 0 Å². The van der Waals surface area contributed by atoms with Gasteiger partial charge in [-0.15, -0.1) is 0 Å². The van der Waals surface area contributed by atoms with Crippen molar-refractivity contribution >= 4 is 6.08 Å². The van der Waals surface area contributed by atoms with Gasteiger partial charge in [-0.1, -0.05) is 17.7 Å². The SMILES string of the molecule is COc1ccc2c(c1CC=C(C)C)C=C(C)OC2. The van der Waals surface area contributed by atoms with Crippen LogP contribution in [0.5, 0.6) is 5.75 Å². The lowest BCUT2D eigenvalue weighted by Gasteiger charge is -2.20. The van der Waals surface area contributed by atoms with E-state index in [2.05, 4.69) is 32.1 Å². The molecule has 2 heteroatoms. The second-order valence-corrected chi connectivity index (χ2v) is 4.85. The summed E-state index contributed by atoms with van der Waals surface area (Å²) >= 11 is 0. The summed E-state index contributed by atoms with van der Waals surface area (Å²) < 4.78 is 11.0. The zero-order valence-electron chi connectivity index (χ0n) is 11.5. The molecule has 0 atom stereocenters. The van der Waals surface area contributed by atoms with Crippen molar-refractivity contribution < 1.29 is 9.47 Å². The van der Waals surface area contributed by atoms with E-state index in [0.29, 0.717) is 6.61 Å². The Morgan fingerprint density at radius 1 is 1.39 bits per heavy atom. The molecule has 1 heterocycles. The molecule has 2 rings (SSSR count). The van der Waals surface area contributed by atoms with Crippen LogP contribution in [0.3, 0.4) is 0 Å². The predicted octanol–water partition coefficient (Wildman–Crippen LogP) is 4.09. The third-order valence-corrected chi connectivity index (χ3v) is 3.14. The Kier molecular flexibility index (Phi) is 3.75. The summed E-state index contributed by atoms with van der Waals surface area (Å²) in [7, 11) is 1.73. The minimum atomic E-state index is 0.656. The molecule has 0 saturated carbocycles. The average Bonchev–Trinajstić information content (AvgIpc) is 2.35. The largest absolute Gasteiger partial charge is 0.496 e. The highest BCUT2D eigenvalue weighted by Crippen LogP contribution is 2.32. The molecule has 0 spiro atoms. The van der Waals surface area contributed by atoms with Gasteiger partial charge in [-0.2, -0.15) is 0 Å². The minimum absolute atomic E-state index is 0.656. The number of allylic oxidation sites excluding steroid dienone is 3. The maximum atomic E-state index is 5.56. The number of rotatable bonds is 3. The van der Waals surface area contributed by atoms with Gasteiger partial charge in [0.1, 0.15) is 12.4 Å². The van der Waals surface area contributed by atoms with Gasteiger partial charge >= 0.3 is 0 Å². The van der Waals surface area contributed by atoms with E-state index in [-0.39, 0.29) is 0 Å². The number of ether oxygens (including phenoxy) is 2. The topological polar surface area (TPSA) is 18.5 Å². The lowest BCUT2D eigenvalue weighted by Crippen LogP contribution is -2.05. The van der Waals surface area contributed by atoms with E-state index in [1.165, 1.54) is 22.3 Å². The molecule has 0 N–H and O–H groups in total. The zero-order chi connectivity index (χ0) is 13.1. The summed E-state index contributed by atoms with van der Waals surface area (Å²) in [6, 6.07) is 4.12. The Labute approximate surface area is 109 Å². The van der Waals surface area contributed by atoms with E-state index in [0.717, 1.165) is 17.9 Å². The Morgan fingerprint density at radius 3 is 2.83 bits per heavy atom. The monoisotopic (exact) mass is 244 g/mol. The van der Waals surface area contributed by atoms with Crippen LogP contribution in [0, 0.1) is 0 Å². The zero-order valence-corrected chi connectivity index (χ0v) is 11.5. The van der Waals surface area contributed by atoms with Crippen LogP contribution in [0.15, 0.2) is 29.5 Å². The molecule has 0 amide bonds. The minimum Gasteiger partial charge on any atom is -0.496 e. The van der Waals surface area contributed by atoms with Crippen LogP contribution in [0.4, 0.5) is 0 Å². The fraction of sp³-hybridized carbons (Fsp3) is 0.375. The second-order valence-electron chi connectivity index (χ2n) is 4.85. The van der Waals surface area contributed by atoms with Crippen molar-refractivity contribution in [2.45, 2.75) is 33.8 Å². The van der Waals surface area contributed by atoms with Gasteiger partial charge in [0.2, 0.25) is 0 Å². The molecule has 18 heavy (non-hydrogen) atoms. The van der Waals surface area contributed by atoms with Crippen LogP contribution in [0.1, 0.15) is 37.5 Å². The van der Waals surface area contributed by atoms with E-state index in [1.807, 2.05) is 13.0 Å². The van der Waals surface area contributed by atoms with Gasteiger partial charge in [-0.25, -0.2) is 0 Å². The third kappa shape index (κ3) is 2.58. The summed E-state index contributed by atoms with van der Waals surface area (Å²) in [6.45, 7) is 6.88. The molecule has 2 nitrogen and oxygen atoms in total. The molecule has 1 aliphatic heterocycles. The quantitative estimate of drug-likeness (QED) is 0.745. The molecule has 0 bridgehead atoms. The van der Waals surface area contributed by atoms with Crippen molar-refractivity contribution in [3.8, 4) is 5.75 Å². The summed E-state index contributed by atoms with van der Waals surface area (Å²) in [5.41, 5.74) is 5.07. The number of methoxy groups -OCH3 is 1. The highest BCUT2D eigenvalue weighted by atomic mass is 16.5. The van der Waals surface area contributed by atoms with Crippen molar-refractivity contribution in [3.05, 3.63) is 46.2 Å². The molecule has 1 aromatic carbocycles. The Bertz CT molecular complexity index is 506. The Balaban J connectivity index is 2.50. The van der Waals surface area contributed by atoms with E-state index in [1.54, 1.807) is 7.11 Å². The summed E-state index contributed by atoms with van der Waals surface area (Å²) in [5.74, 6) is 1.92. The Hall–Kier alpha value is -1.70. The first-order chi connectivity index (χ1) is 8.61. The van der Waals surface area contributed by atoms with E-state index >= 15 is 0 Å². The summed E-state index contributed by atoms with van der Waals surface area (Å²) in [5, 5.41) is 0. The van der Waals surface area contributed by atoms with E-state index < -0.39 is 0 Å². The van der Waals surface area contributed by atoms with Crippen LogP contribution >= 0.6 is 0 Å². The smallest absolute Gasteiger partial charge is 0.122 e. The highest BCUT2D eigenvalue weighted by Gasteiger charge is 2.15. The number of fused-ring (bicyclic) bond motifs is 1. The molecular weight excluding hydrogens is 224 g/mol. The standard InChI is InChI=1S/C16H20O2/c1-11(2)5-7-14-15-9-12(3)18-10-13(15)6-8-16(14)17-4/h5-6,8-9H,7,10H2,1-4H3. The molecule has 0 radical (unpaired) electrons. The highest BCUT2D eigenvalue weighted by molar-refractivity contribution is 5.64. The van der Waals surface area contributed by atoms with Crippen molar-refractivity contribution in [1.82, 2.24) is 0 Å². The molecule has 0 unspecified atom stereocenters. The van der Waals surface area contributed by atoms with Gasteiger partial charge in [-0.05, 0) is 50.5 Å². The van der Waals surface area contributed by atoms with Crippen LogP contribution in [-0.4, -0.2) is 7.11 Å². The lowest BCUT2D eigenvalue weighted by atomic mass is 9.95. The molecule has 0 saturated heterocycles. The second kappa shape index (κ2) is 5.30. The van der Waals surface area contributed by atoms with Crippen molar-refractivity contribution in [3.63, 3.8) is 0 Å². The van der Waals surface area contributed by atoms with Crippen LogP contribution in [0.25, 0.3) is 6.08 Å².